The number of hydrogen-bond acceptors (Lipinski definition) is 5. The molecular formula is C21H23N3O3S. The largest absolute Gasteiger partial charge is 0.491 e. The van der Waals surface area contributed by atoms with Crippen molar-refractivity contribution in [1.29, 1.82) is 0 Å². The molecule has 0 saturated carbocycles. The number of anilines is 2. The maximum Gasteiger partial charge on any atom is 0.255 e. The van der Waals surface area contributed by atoms with Gasteiger partial charge in [-0.3, -0.25) is 9.59 Å². The van der Waals surface area contributed by atoms with Crippen molar-refractivity contribution in [2.24, 2.45) is 0 Å². The standard InChI is InChI=1S/C21H23N3O3S/c1-4-5-19(25)24-21-23-17-11-8-15(12-18(17)28-21)22-20(26)14-6-9-16(10-7-14)27-13(2)3/h6-13H,4-5H2,1-3H3,(H,22,26)(H,23,24,25). The molecule has 6 nitrogen and oxygen atoms in total. The van der Waals surface area contributed by atoms with E-state index in [2.05, 4.69) is 15.6 Å². The van der Waals surface area contributed by atoms with Crippen molar-refractivity contribution in [3.63, 3.8) is 0 Å². The molecule has 0 radical (unpaired) electrons. The van der Waals surface area contributed by atoms with Crippen LogP contribution >= 0.6 is 11.3 Å². The summed E-state index contributed by atoms with van der Waals surface area (Å²) in [4.78, 5) is 28.6. The molecule has 2 amide bonds. The van der Waals surface area contributed by atoms with E-state index in [1.165, 1.54) is 11.3 Å². The van der Waals surface area contributed by atoms with Crippen molar-refractivity contribution in [2.45, 2.75) is 39.7 Å². The quantitative estimate of drug-likeness (QED) is 0.583. The third kappa shape index (κ3) is 5.07. The Kier molecular flexibility index (Phi) is 6.26. The summed E-state index contributed by atoms with van der Waals surface area (Å²) in [6.45, 7) is 5.87. The van der Waals surface area contributed by atoms with Crippen LogP contribution in [0.25, 0.3) is 10.2 Å². The molecule has 28 heavy (non-hydrogen) atoms. The maximum absolute atomic E-state index is 12.5. The minimum Gasteiger partial charge on any atom is -0.491 e. The Hall–Kier alpha value is -2.93. The molecule has 2 N–H and O–H groups in total. The van der Waals surface area contributed by atoms with Crippen molar-refractivity contribution in [3.05, 3.63) is 48.0 Å². The van der Waals surface area contributed by atoms with E-state index in [1.807, 2.05) is 32.9 Å². The summed E-state index contributed by atoms with van der Waals surface area (Å²) >= 11 is 1.39. The van der Waals surface area contributed by atoms with E-state index < -0.39 is 0 Å². The Morgan fingerprint density at radius 3 is 2.54 bits per heavy atom. The molecule has 1 aromatic heterocycles. The Bertz CT molecular complexity index is 980. The summed E-state index contributed by atoms with van der Waals surface area (Å²) in [6, 6.07) is 12.5. The summed E-state index contributed by atoms with van der Waals surface area (Å²) in [5, 5.41) is 6.27. The molecule has 0 aliphatic heterocycles. The van der Waals surface area contributed by atoms with Gasteiger partial charge in [-0.25, -0.2) is 4.98 Å². The Morgan fingerprint density at radius 1 is 1.11 bits per heavy atom. The zero-order chi connectivity index (χ0) is 20.1. The summed E-state index contributed by atoms with van der Waals surface area (Å²) in [5.74, 6) is 0.492. The Morgan fingerprint density at radius 2 is 1.86 bits per heavy atom. The molecule has 0 fully saturated rings. The molecule has 0 aliphatic carbocycles. The van der Waals surface area contributed by atoms with Gasteiger partial charge in [-0.1, -0.05) is 18.3 Å². The lowest BCUT2D eigenvalue weighted by atomic mass is 10.2. The molecule has 0 saturated heterocycles. The molecule has 0 aliphatic rings. The molecule has 0 spiro atoms. The van der Waals surface area contributed by atoms with Crippen LogP contribution in [-0.2, 0) is 4.79 Å². The fourth-order valence-electron chi connectivity index (χ4n) is 2.62. The van der Waals surface area contributed by atoms with Gasteiger partial charge >= 0.3 is 0 Å². The lowest BCUT2D eigenvalue weighted by Gasteiger charge is -2.10. The summed E-state index contributed by atoms with van der Waals surface area (Å²) in [6.07, 6.45) is 1.35. The summed E-state index contributed by atoms with van der Waals surface area (Å²) in [7, 11) is 0. The number of fused-ring (bicyclic) bond motifs is 1. The van der Waals surface area contributed by atoms with E-state index in [0.29, 0.717) is 22.8 Å². The molecular weight excluding hydrogens is 374 g/mol. The van der Waals surface area contributed by atoms with Gasteiger partial charge in [0, 0.05) is 17.7 Å². The van der Waals surface area contributed by atoms with Gasteiger partial charge in [-0.05, 0) is 62.7 Å². The number of nitrogens with zero attached hydrogens (tertiary/aromatic N) is 1. The minimum atomic E-state index is -0.198. The van der Waals surface area contributed by atoms with E-state index in [9.17, 15) is 9.59 Å². The maximum atomic E-state index is 12.5. The zero-order valence-corrected chi connectivity index (χ0v) is 16.9. The Balaban J connectivity index is 1.69. The SMILES string of the molecule is CCCC(=O)Nc1nc2ccc(NC(=O)c3ccc(OC(C)C)cc3)cc2s1. The molecule has 0 unspecified atom stereocenters. The number of rotatable bonds is 7. The summed E-state index contributed by atoms with van der Waals surface area (Å²) in [5.41, 5.74) is 2.01. The zero-order valence-electron chi connectivity index (χ0n) is 16.1. The molecule has 7 heteroatoms. The van der Waals surface area contributed by atoms with Crippen molar-refractivity contribution in [2.75, 3.05) is 10.6 Å². The van der Waals surface area contributed by atoms with Gasteiger partial charge in [-0.15, -0.1) is 0 Å². The highest BCUT2D eigenvalue weighted by Gasteiger charge is 2.10. The van der Waals surface area contributed by atoms with Gasteiger partial charge in [0.25, 0.3) is 5.91 Å². The first-order valence-electron chi connectivity index (χ1n) is 9.23. The second-order valence-electron chi connectivity index (χ2n) is 6.64. The smallest absolute Gasteiger partial charge is 0.255 e. The van der Waals surface area contributed by atoms with Crippen LogP contribution in [0.4, 0.5) is 10.8 Å². The van der Waals surface area contributed by atoms with E-state index in [1.54, 1.807) is 30.3 Å². The highest BCUT2D eigenvalue weighted by Crippen LogP contribution is 2.28. The number of ether oxygens (including phenoxy) is 1. The van der Waals surface area contributed by atoms with E-state index in [-0.39, 0.29) is 17.9 Å². The third-order valence-electron chi connectivity index (χ3n) is 3.86. The molecule has 0 bridgehead atoms. The monoisotopic (exact) mass is 397 g/mol. The normalized spacial score (nSPS) is 10.9. The highest BCUT2D eigenvalue weighted by molar-refractivity contribution is 7.22. The van der Waals surface area contributed by atoms with Gasteiger partial charge in [0.15, 0.2) is 5.13 Å². The van der Waals surface area contributed by atoms with Gasteiger partial charge < -0.3 is 15.4 Å². The lowest BCUT2D eigenvalue weighted by molar-refractivity contribution is -0.116. The van der Waals surface area contributed by atoms with Crippen LogP contribution in [0.2, 0.25) is 0 Å². The van der Waals surface area contributed by atoms with Gasteiger partial charge in [0.1, 0.15) is 5.75 Å². The first-order chi connectivity index (χ1) is 13.4. The minimum absolute atomic E-state index is 0.0417. The van der Waals surface area contributed by atoms with Crippen molar-refractivity contribution in [1.82, 2.24) is 4.98 Å². The molecule has 3 aromatic rings. The average Bonchev–Trinajstić information content (AvgIpc) is 3.03. The van der Waals surface area contributed by atoms with Crippen molar-refractivity contribution < 1.29 is 14.3 Å². The first kappa shape index (κ1) is 19.8. The first-order valence-corrected chi connectivity index (χ1v) is 10.0. The van der Waals surface area contributed by atoms with Crippen LogP contribution < -0.4 is 15.4 Å². The van der Waals surface area contributed by atoms with Crippen LogP contribution in [-0.4, -0.2) is 22.9 Å². The molecule has 3 rings (SSSR count). The van der Waals surface area contributed by atoms with Crippen LogP contribution in [0.3, 0.4) is 0 Å². The van der Waals surface area contributed by atoms with Crippen molar-refractivity contribution >= 4 is 44.2 Å². The van der Waals surface area contributed by atoms with E-state index in [4.69, 9.17) is 4.74 Å². The predicted octanol–water partition coefficient (Wildman–Crippen LogP) is 5.07. The highest BCUT2D eigenvalue weighted by atomic mass is 32.1. The van der Waals surface area contributed by atoms with Gasteiger partial charge in [-0.2, -0.15) is 0 Å². The fraction of sp³-hybridized carbons (Fsp3) is 0.286. The second-order valence-corrected chi connectivity index (χ2v) is 7.68. The third-order valence-corrected chi connectivity index (χ3v) is 4.79. The van der Waals surface area contributed by atoms with Gasteiger partial charge in [0.05, 0.1) is 16.3 Å². The fourth-order valence-corrected chi connectivity index (χ4v) is 3.55. The van der Waals surface area contributed by atoms with Crippen molar-refractivity contribution in [3.8, 4) is 5.75 Å². The lowest BCUT2D eigenvalue weighted by Crippen LogP contribution is -2.12. The Labute approximate surface area is 167 Å². The molecule has 1 heterocycles. The average molecular weight is 398 g/mol. The van der Waals surface area contributed by atoms with Crippen LogP contribution in [0.15, 0.2) is 42.5 Å². The number of amides is 2. The number of benzene rings is 2. The van der Waals surface area contributed by atoms with E-state index in [0.717, 1.165) is 22.4 Å². The number of carbonyl (C=O) groups excluding carboxylic acids is 2. The van der Waals surface area contributed by atoms with E-state index >= 15 is 0 Å². The van der Waals surface area contributed by atoms with Crippen LogP contribution in [0.1, 0.15) is 44.0 Å². The second kappa shape index (κ2) is 8.84. The van der Waals surface area contributed by atoms with Crippen LogP contribution in [0, 0.1) is 0 Å². The number of thiazole rings is 1. The predicted molar refractivity (Wildman–Crippen MR) is 113 cm³/mol. The van der Waals surface area contributed by atoms with Gasteiger partial charge in [0.2, 0.25) is 5.91 Å². The number of carbonyl (C=O) groups is 2. The van der Waals surface area contributed by atoms with Crippen LogP contribution in [0.5, 0.6) is 5.75 Å². The number of aromatic nitrogens is 1. The number of hydrogen-bond donors (Lipinski definition) is 2. The molecule has 146 valence electrons. The topological polar surface area (TPSA) is 80.3 Å². The molecule has 2 aromatic carbocycles. The summed E-state index contributed by atoms with van der Waals surface area (Å²) < 4.78 is 6.49. The molecule has 0 atom stereocenters. The number of nitrogens with one attached hydrogen (secondary N) is 2.